The molecule has 1 N–H and O–H groups in total. The Morgan fingerprint density at radius 3 is 2.96 bits per heavy atom. The minimum Gasteiger partial charge on any atom is -0.490 e. The van der Waals surface area contributed by atoms with Crippen molar-refractivity contribution < 1.29 is 9.53 Å². The zero-order valence-electron chi connectivity index (χ0n) is 13.5. The molecule has 1 aliphatic heterocycles. The van der Waals surface area contributed by atoms with Gasteiger partial charge in [0.05, 0.1) is 22.1 Å². The molecule has 2 heterocycles. The molecule has 2 aromatic rings. The van der Waals surface area contributed by atoms with Crippen molar-refractivity contribution in [2.45, 2.75) is 20.3 Å². The minimum atomic E-state index is 0.0171. The van der Waals surface area contributed by atoms with Gasteiger partial charge in [-0.2, -0.15) is 0 Å². The number of thiophene rings is 1. The summed E-state index contributed by atoms with van der Waals surface area (Å²) in [4.78, 5) is 15.2. The number of carbonyl (C=O) groups excluding carboxylic acids is 1. The largest absolute Gasteiger partial charge is 0.490 e. The molecule has 4 nitrogen and oxygen atoms in total. The fourth-order valence-corrected chi connectivity index (χ4v) is 3.52. The molecule has 0 bridgehead atoms. The lowest BCUT2D eigenvalue weighted by Crippen LogP contribution is -2.27. The predicted molar refractivity (Wildman–Crippen MR) is 95.1 cm³/mol. The van der Waals surface area contributed by atoms with Gasteiger partial charge in [0.1, 0.15) is 12.4 Å². The number of para-hydroxylation sites is 2. The van der Waals surface area contributed by atoms with Gasteiger partial charge >= 0.3 is 0 Å². The molecule has 23 heavy (non-hydrogen) atoms. The molecular formula is C18H22N2O2S. The van der Waals surface area contributed by atoms with Crippen molar-refractivity contribution in [1.82, 2.24) is 5.32 Å². The first-order valence-corrected chi connectivity index (χ1v) is 8.84. The van der Waals surface area contributed by atoms with Crippen LogP contribution in [0.25, 0.3) is 0 Å². The number of nitrogens with zero attached hydrogens (tertiary/aromatic N) is 1. The van der Waals surface area contributed by atoms with Crippen LogP contribution in [-0.4, -0.2) is 25.6 Å². The van der Waals surface area contributed by atoms with Crippen LogP contribution in [0, 0.1) is 5.92 Å². The lowest BCUT2D eigenvalue weighted by atomic mass is 10.1. The smallest absolute Gasteiger partial charge is 0.261 e. The molecule has 3 rings (SSSR count). The maximum atomic E-state index is 12.2. The third-order valence-electron chi connectivity index (χ3n) is 3.82. The average Bonchev–Trinajstić information content (AvgIpc) is 3.04. The number of amides is 1. The Kier molecular flexibility index (Phi) is 4.86. The van der Waals surface area contributed by atoms with Crippen LogP contribution in [0.15, 0.2) is 36.4 Å². The second-order valence-corrected chi connectivity index (χ2v) is 7.11. The van der Waals surface area contributed by atoms with Crippen LogP contribution in [0.3, 0.4) is 0 Å². The van der Waals surface area contributed by atoms with Crippen molar-refractivity contribution in [2.24, 2.45) is 5.92 Å². The number of benzene rings is 1. The molecule has 0 saturated heterocycles. The third-order valence-corrected chi connectivity index (χ3v) is 4.92. The summed E-state index contributed by atoms with van der Waals surface area (Å²) in [6.45, 7) is 6.50. The van der Waals surface area contributed by atoms with E-state index in [-0.39, 0.29) is 5.91 Å². The number of hydrogen-bond donors (Lipinski definition) is 1. The standard InChI is InChI=1S/C18H22N2O2S/c1-13(2)9-10-19-18(21)16-7-8-17(23-16)20-11-12-22-15-6-4-3-5-14(15)20/h3-8,13H,9-12H2,1-2H3,(H,19,21). The van der Waals surface area contributed by atoms with Gasteiger partial charge in [-0.1, -0.05) is 26.0 Å². The minimum absolute atomic E-state index is 0.0171. The second-order valence-electron chi connectivity index (χ2n) is 6.04. The van der Waals surface area contributed by atoms with E-state index in [9.17, 15) is 4.79 Å². The molecule has 1 aromatic heterocycles. The fourth-order valence-electron chi connectivity index (χ4n) is 2.55. The van der Waals surface area contributed by atoms with Gasteiger partial charge in [-0.15, -0.1) is 11.3 Å². The third kappa shape index (κ3) is 3.67. The number of anilines is 2. The van der Waals surface area contributed by atoms with Gasteiger partial charge in [-0.3, -0.25) is 4.79 Å². The molecule has 5 heteroatoms. The first-order chi connectivity index (χ1) is 11.1. The summed E-state index contributed by atoms with van der Waals surface area (Å²) in [6, 6.07) is 11.9. The van der Waals surface area contributed by atoms with Crippen molar-refractivity contribution in [3.8, 4) is 5.75 Å². The Morgan fingerprint density at radius 2 is 2.13 bits per heavy atom. The highest BCUT2D eigenvalue weighted by molar-refractivity contribution is 7.18. The monoisotopic (exact) mass is 330 g/mol. The summed E-state index contributed by atoms with van der Waals surface area (Å²) < 4.78 is 5.69. The number of carbonyl (C=O) groups is 1. The molecule has 0 saturated carbocycles. The molecule has 1 aromatic carbocycles. The zero-order valence-corrected chi connectivity index (χ0v) is 14.4. The van der Waals surface area contributed by atoms with Gasteiger partial charge in [-0.05, 0) is 36.6 Å². The van der Waals surface area contributed by atoms with Gasteiger partial charge in [0.2, 0.25) is 0 Å². The molecule has 0 aliphatic carbocycles. The van der Waals surface area contributed by atoms with Crippen LogP contribution in [0.1, 0.15) is 29.9 Å². The van der Waals surface area contributed by atoms with Gasteiger partial charge in [0, 0.05) is 6.54 Å². The maximum Gasteiger partial charge on any atom is 0.261 e. The first-order valence-electron chi connectivity index (χ1n) is 8.02. The Morgan fingerprint density at radius 1 is 1.30 bits per heavy atom. The van der Waals surface area contributed by atoms with E-state index >= 15 is 0 Å². The number of hydrogen-bond acceptors (Lipinski definition) is 4. The van der Waals surface area contributed by atoms with E-state index in [1.54, 1.807) is 0 Å². The molecular weight excluding hydrogens is 308 g/mol. The summed E-state index contributed by atoms with van der Waals surface area (Å²) in [7, 11) is 0. The Hall–Kier alpha value is -2.01. The van der Waals surface area contributed by atoms with Crippen molar-refractivity contribution in [3.63, 3.8) is 0 Å². The maximum absolute atomic E-state index is 12.2. The average molecular weight is 330 g/mol. The number of rotatable bonds is 5. The fraction of sp³-hybridized carbons (Fsp3) is 0.389. The normalized spacial score (nSPS) is 13.6. The lowest BCUT2D eigenvalue weighted by Gasteiger charge is -2.29. The van der Waals surface area contributed by atoms with Crippen molar-refractivity contribution in [3.05, 3.63) is 41.3 Å². The van der Waals surface area contributed by atoms with E-state index in [4.69, 9.17) is 4.74 Å². The van der Waals surface area contributed by atoms with Crippen LogP contribution < -0.4 is 15.0 Å². The van der Waals surface area contributed by atoms with Gasteiger partial charge < -0.3 is 15.0 Å². The van der Waals surface area contributed by atoms with Gasteiger partial charge in [0.15, 0.2) is 0 Å². The topological polar surface area (TPSA) is 41.6 Å². The van der Waals surface area contributed by atoms with Crippen LogP contribution in [0.5, 0.6) is 5.75 Å². The molecule has 0 fully saturated rings. The van der Waals surface area contributed by atoms with E-state index in [2.05, 4.69) is 30.1 Å². The van der Waals surface area contributed by atoms with E-state index in [0.29, 0.717) is 12.5 Å². The number of fused-ring (bicyclic) bond motifs is 1. The highest BCUT2D eigenvalue weighted by Gasteiger charge is 2.21. The highest BCUT2D eigenvalue weighted by atomic mass is 32.1. The quantitative estimate of drug-likeness (QED) is 0.899. The predicted octanol–water partition coefficient (Wildman–Crippen LogP) is 4.05. The van der Waals surface area contributed by atoms with Crippen molar-refractivity contribution in [1.29, 1.82) is 0 Å². The Bertz CT molecular complexity index is 681. The second kappa shape index (κ2) is 7.04. The first kappa shape index (κ1) is 15.9. The Labute approximate surface area is 141 Å². The zero-order chi connectivity index (χ0) is 16.2. The summed E-state index contributed by atoms with van der Waals surface area (Å²) >= 11 is 1.53. The van der Waals surface area contributed by atoms with Gasteiger partial charge in [0.25, 0.3) is 5.91 Å². The van der Waals surface area contributed by atoms with Crippen LogP contribution in [-0.2, 0) is 0 Å². The van der Waals surface area contributed by atoms with Crippen LogP contribution >= 0.6 is 11.3 Å². The van der Waals surface area contributed by atoms with E-state index in [0.717, 1.165) is 40.8 Å². The van der Waals surface area contributed by atoms with Crippen LogP contribution in [0.4, 0.5) is 10.7 Å². The SMILES string of the molecule is CC(C)CCNC(=O)c1ccc(N2CCOc3ccccc32)s1. The van der Waals surface area contributed by atoms with E-state index < -0.39 is 0 Å². The number of ether oxygens (including phenoxy) is 1. The van der Waals surface area contributed by atoms with Crippen molar-refractivity contribution in [2.75, 3.05) is 24.6 Å². The molecule has 1 aliphatic rings. The van der Waals surface area contributed by atoms with Gasteiger partial charge in [-0.25, -0.2) is 0 Å². The summed E-state index contributed by atoms with van der Waals surface area (Å²) in [5, 5.41) is 4.07. The highest BCUT2D eigenvalue weighted by Crippen LogP contribution is 2.39. The van der Waals surface area contributed by atoms with E-state index in [1.165, 1.54) is 11.3 Å². The summed E-state index contributed by atoms with van der Waals surface area (Å²) in [5.74, 6) is 1.51. The molecule has 0 unspecified atom stereocenters. The van der Waals surface area contributed by atoms with Crippen LogP contribution in [0.2, 0.25) is 0 Å². The van der Waals surface area contributed by atoms with Crippen molar-refractivity contribution >= 4 is 27.9 Å². The summed E-state index contributed by atoms with van der Waals surface area (Å²) in [5.41, 5.74) is 1.06. The lowest BCUT2D eigenvalue weighted by molar-refractivity contribution is 0.0956. The molecule has 0 atom stereocenters. The summed E-state index contributed by atoms with van der Waals surface area (Å²) in [6.07, 6.45) is 1.00. The molecule has 1 amide bonds. The Balaban J connectivity index is 1.71. The molecule has 0 radical (unpaired) electrons. The number of nitrogens with one attached hydrogen (secondary N) is 1. The van der Waals surface area contributed by atoms with E-state index in [1.807, 2.05) is 30.3 Å². The molecule has 122 valence electrons. The molecule has 0 spiro atoms.